The maximum atomic E-state index is 12.5. The number of benzene rings is 3. The van der Waals surface area contributed by atoms with Gasteiger partial charge in [-0.15, -0.1) is 0 Å². The van der Waals surface area contributed by atoms with Gasteiger partial charge in [-0.25, -0.2) is 9.59 Å². The Morgan fingerprint density at radius 1 is 1.00 bits per heavy atom. The number of nitrogens with one attached hydrogen (secondary N) is 2. The van der Waals surface area contributed by atoms with Crippen LogP contribution in [0.5, 0.6) is 5.75 Å². The summed E-state index contributed by atoms with van der Waals surface area (Å²) < 4.78 is 5.48. The number of carbonyl (C=O) groups excluding carboxylic acids is 1. The number of hydrogen-bond acceptors (Lipinski definition) is 4. The standard InChI is InChI=1S/C26H22N2O5/c29-16-9-10-23-21(12-16)15(13-27-23)11-24(25(30)31)28-26(32)33-14-22-19-7-3-1-5-17(19)18-6-2-4-8-20(18)22/h1-10,12-13,22,24,27,29H,11,14H2,(H,28,32)(H,30,31)/t24-/m0/s1. The third-order valence-electron chi connectivity index (χ3n) is 6.11. The number of H-pyrrole nitrogens is 1. The first-order chi connectivity index (χ1) is 16.0. The molecule has 0 saturated heterocycles. The van der Waals surface area contributed by atoms with E-state index in [1.54, 1.807) is 24.4 Å². The SMILES string of the molecule is O=C(N[C@@H](Cc1c[nH]c2ccc(O)cc12)C(=O)O)OCC1c2ccccc2-c2ccccc21. The van der Waals surface area contributed by atoms with Crippen molar-refractivity contribution in [2.24, 2.45) is 0 Å². The maximum absolute atomic E-state index is 12.5. The quantitative estimate of drug-likeness (QED) is 0.353. The molecule has 5 rings (SSSR count). The molecule has 4 N–H and O–H groups in total. The van der Waals surface area contributed by atoms with Crippen molar-refractivity contribution in [3.8, 4) is 16.9 Å². The number of alkyl carbamates (subject to hydrolysis) is 1. The van der Waals surface area contributed by atoms with Crippen molar-refractivity contribution in [1.29, 1.82) is 0 Å². The Morgan fingerprint density at radius 3 is 2.33 bits per heavy atom. The number of aromatic amines is 1. The topological polar surface area (TPSA) is 112 Å². The summed E-state index contributed by atoms with van der Waals surface area (Å²) in [5.74, 6) is -1.19. The van der Waals surface area contributed by atoms with Crippen LogP contribution in [0.15, 0.2) is 72.9 Å². The van der Waals surface area contributed by atoms with Gasteiger partial charge in [0.15, 0.2) is 0 Å². The molecule has 1 atom stereocenters. The van der Waals surface area contributed by atoms with Gasteiger partial charge >= 0.3 is 12.1 Å². The fourth-order valence-electron chi connectivity index (χ4n) is 4.54. The van der Waals surface area contributed by atoms with E-state index >= 15 is 0 Å². The van der Waals surface area contributed by atoms with Crippen molar-refractivity contribution in [2.75, 3.05) is 6.61 Å². The highest BCUT2D eigenvalue weighted by atomic mass is 16.5. The minimum Gasteiger partial charge on any atom is -0.508 e. The minimum absolute atomic E-state index is 0.0446. The molecule has 4 aromatic rings. The molecule has 7 heteroatoms. The van der Waals surface area contributed by atoms with E-state index in [9.17, 15) is 19.8 Å². The van der Waals surface area contributed by atoms with Crippen molar-refractivity contribution in [1.82, 2.24) is 10.3 Å². The van der Waals surface area contributed by atoms with Gasteiger partial charge in [-0.05, 0) is 46.0 Å². The molecule has 1 heterocycles. The Balaban J connectivity index is 1.29. The Bertz CT molecular complexity index is 1310. The first-order valence-corrected chi connectivity index (χ1v) is 10.6. The summed E-state index contributed by atoms with van der Waals surface area (Å²) in [6, 6.07) is 19.7. The van der Waals surface area contributed by atoms with Crippen molar-refractivity contribution in [2.45, 2.75) is 18.4 Å². The van der Waals surface area contributed by atoms with E-state index in [2.05, 4.69) is 10.3 Å². The second-order valence-electron chi connectivity index (χ2n) is 8.11. The lowest BCUT2D eigenvalue weighted by Gasteiger charge is -2.17. The average Bonchev–Trinajstić information content (AvgIpc) is 3.35. The molecule has 0 unspecified atom stereocenters. The number of carbonyl (C=O) groups is 2. The second kappa shape index (κ2) is 8.35. The van der Waals surface area contributed by atoms with Gasteiger partial charge in [0.2, 0.25) is 0 Å². The fourth-order valence-corrected chi connectivity index (χ4v) is 4.54. The maximum Gasteiger partial charge on any atom is 0.407 e. The number of carboxylic acid groups (broad SMARTS) is 1. The molecule has 0 fully saturated rings. The number of carboxylic acids is 1. The normalized spacial score (nSPS) is 13.3. The smallest absolute Gasteiger partial charge is 0.407 e. The number of aliphatic carboxylic acids is 1. The lowest BCUT2D eigenvalue weighted by Crippen LogP contribution is -2.42. The molecule has 0 radical (unpaired) electrons. The first kappa shape index (κ1) is 20.6. The van der Waals surface area contributed by atoms with Crippen LogP contribution in [0.25, 0.3) is 22.0 Å². The molecule has 33 heavy (non-hydrogen) atoms. The molecular weight excluding hydrogens is 420 g/mol. The zero-order valence-corrected chi connectivity index (χ0v) is 17.6. The van der Waals surface area contributed by atoms with Crippen molar-refractivity contribution in [3.63, 3.8) is 0 Å². The van der Waals surface area contributed by atoms with Crippen LogP contribution in [-0.2, 0) is 16.0 Å². The van der Waals surface area contributed by atoms with Crippen LogP contribution in [-0.4, -0.2) is 39.9 Å². The van der Waals surface area contributed by atoms with Crippen LogP contribution in [0.1, 0.15) is 22.6 Å². The number of phenols is 1. The number of ether oxygens (including phenoxy) is 1. The van der Waals surface area contributed by atoms with Gasteiger partial charge in [0.05, 0.1) is 0 Å². The van der Waals surface area contributed by atoms with Gasteiger partial charge in [-0.2, -0.15) is 0 Å². The van der Waals surface area contributed by atoms with Gasteiger partial charge in [0, 0.05) is 29.4 Å². The molecule has 1 amide bonds. The summed E-state index contributed by atoms with van der Waals surface area (Å²) in [5, 5.41) is 22.6. The van der Waals surface area contributed by atoms with Crippen LogP contribution in [0.4, 0.5) is 4.79 Å². The largest absolute Gasteiger partial charge is 0.508 e. The zero-order valence-electron chi connectivity index (χ0n) is 17.6. The van der Waals surface area contributed by atoms with E-state index in [-0.39, 0.29) is 24.7 Å². The number of phenolic OH excluding ortho intramolecular Hbond substituents is 1. The van der Waals surface area contributed by atoms with Crippen LogP contribution in [0.3, 0.4) is 0 Å². The highest BCUT2D eigenvalue weighted by Crippen LogP contribution is 2.44. The Morgan fingerprint density at radius 2 is 1.67 bits per heavy atom. The number of hydrogen-bond donors (Lipinski definition) is 4. The molecule has 0 saturated carbocycles. The molecule has 1 aliphatic carbocycles. The Kier molecular flexibility index (Phi) is 5.22. The molecule has 0 aliphatic heterocycles. The monoisotopic (exact) mass is 442 g/mol. The van der Waals surface area contributed by atoms with Gasteiger partial charge < -0.3 is 25.3 Å². The molecule has 3 aromatic carbocycles. The number of amides is 1. The van der Waals surface area contributed by atoms with Crippen LogP contribution in [0.2, 0.25) is 0 Å². The molecule has 1 aromatic heterocycles. The van der Waals surface area contributed by atoms with Gasteiger partial charge in [-0.1, -0.05) is 48.5 Å². The summed E-state index contributed by atoms with van der Waals surface area (Å²) in [5.41, 5.74) is 5.85. The third kappa shape index (κ3) is 3.89. The summed E-state index contributed by atoms with van der Waals surface area (Å²) in [7, 11) is 0. The van der Waals surface area contributed by atoms with Gasteiger partial charge in [0.25, 0.3) is 0 Å². The number of rotatable bonds is 6. The van der Waals surface area contributed by atoms with E-state index < -0.39 is 18.1 Å². The Labute approximate surface area is 189 Å². The van der Waals surface area contributed by atoms with Crippen molar-refractivity contribution >= 4 is 23.0 Å². The van der Waals surface area contributed by atoms with E-state index in [1.807, 2.05) is 48.5 Å². The van der Waals surface area contributed by atoms with Gasteiger partial charge in [0.1, 0.15) is 18.4 Å². The Hall–Kier alpha value is -4.26. The first-order valence-electron chi connectivity index (χ1n) is 10.6. The predicted molar refractivity (Wildman–Crippen MR) is 123 cm³/mol. The highest BCUT2D eigenvalue weighted by Gasteiger charge is 2.30. The summed E-state index contributed by atoms with van der Waals surface area (Å²) in [6.45, 7) is 0.104. The molecule has 7 nitrogen and oxygen atoms in total. The lowest BCUT2D eigenvalue weighted by molar-refractivity contribution is -0.139. The second-order valence-corrected chi connectivity index (χ2v) is 8.11. The predicted octanol–water partition coefficient (Wildman–Crippen LogP) is 4.41. The van der Waals surface area contributed by atoms with Gasteiger partial charge in [-0.3, -0.25) is 0 Å². The van der Waals surface area contributed by atoms with Crippen LogP contribution in [0, 0.1) is 0 Å². The number of aromatic hydroxyl groups is 1. The summed E-state index contributed by atoms with van der Waals surface area (Å²) in [6.07, 6.45) is 0.939. The molecule has 166 valence electrons. The number of aromatic nitrogens is 1. The molecule has 0 bridgehead atoms. The third-order valence-corrected chi connectivity index (χ3v) is 6.11. The van der Waals surface area contributed by atoms with Crippen LogP contribution >= 0.6 is 0 Å². The highest BCUT2D eigenvalue weighted by molar-refractivity contribution is 5.86. The van der Waals surface area contributed by atoms with E-state index in [4.69, 9.17) is 4.74 Å². The minimum atomic E-state index is -1.18. The van der Waals surface area contributed by atoms with Crippen LogP contribution < -0.4 is 5.32 Å². The fraction of sp³-hybridized carbons (Fsp3) is 0.154. The van der Waals surface area contributed by atoms with Crippen molar-refractivity contribution in [3.05, 3.63) is 89.6 Å². The van der Waals surface area contributed by atoms with E-state index in [1.165, 1.54) is 0 Å². The number of fused-ring (bicyclic) bond motifs is 4. The summed E-state index contributed by atoms with van der Waals surface area (Å²) in [4.78, 5) is 27.4. The van der Waals surface area contributed by atoms with Crippen molar-refractivity contribution < 1.29 is 24.5 Å². The molecule has 0 spiro atoms. The summed E-state index contributed by atoms with van der Waals surface area (Å²) >= 11 is 0. The zero-order chi connectivity index (χ0) is 22.9. The molecular formula is C26H22N2O5. The average molecular weight is 442 g/mol. The van der Waals surface area contributed by atoms with E-state index in [0.29, 0.717) is 10.9 Å². The molecule has 1 aliphatic rings. The lowest BCUT2D eigenvalue weighted by atomic mass is 9.98. The van der Waals surface area contributed by atoms with E-state index in [0.717, 1.165) is 27.8 Å².